The number of nitrogens with one attached hydrogen (secondary N) is 1. The molecular weight excluding hydrogens is 442 g/mol. The molecule has 186 valence electrons. The molecule has 0 radical (unpaired) electrons. The summed E-state index contributed by atoms with van der Waals surface area (Å²) < 4.78 is 16.1. The second-order valence-electron chi connectivity index (χ2n) is 9.29. The third-order valence-corrected chi connectivity index (χ3v) is 6.69. The van der Waals surface area contributed by atoms with Crippen LogP contribution in [0.3, 0.4) is 0 Å². The molecule has 2 aromatic carbocycles. The Hall–Kier alpha value is -3.32. The Bertz CT molecular complexity index is 1120. The highest BCUT2D eigenvalue weighted by molar-refractivity contribution is 5.93. The minimum Gasteiger partial charge on any atom is -0.493 e. The highest BCUT2D eigenvalue weighted by Gasteiger charge is 2.24. The number of ether oxygens (including phenoxy) is 2. The van der Waals surface area contributed by atoms with Gasteiger partial charge < -0.3 is 19.3 Å². The van der Waals surface area contributed by atoms with E-state index in [2.05, 4.69) is 53.5 Å². The van der Waals surface area contributed by atoms with Crippen molar-refractivity contribution >= 4 is 5.91 Å². The smallest absolute Gasteiger partial charge is 0.273 e. The summed E-state index contributed by atoms with van der Waals surface area (Å²) in [7, 11) is 3.17. The molecule has 1 N–H and O–H groups in total. The van der Waals surface area contributed by atoms with Crippen molar-refractivity contribution in [3.05, 3.63) is 65.4 Å². The molecule has 2 heterocycles. The summed E-state index contributed by atoms with van der Waals surface area (Å²) in [5, 5.41) is 7.10. The van der Waals surface area contributed by atoms with E-state index < -0.39 is 0 Å². The number of hydrogen-bond donors (Lipinski definition) is 1. The maximum absolute atomic E-state index is 13.0. The minimum absolute atomic E-state index is 0.123. The Kier molecular flexibility index (Phi) is 8.08. The average Bonchev–Trinajstić information content (AvgIpc) is 3.40. The number of hydrogen-bond acceptors (Lipinski definition) is 6. The number of benzene rings is 2. The minimum atomic E-state index is -0.249. The number of rotatable bonds is 9. The lowest BCUT2D eigenvalue weighted by Gasteiger charge is -2.35. The molecule has 0 aliphatic carbocycles. The van der Waals surface area contributed by atoms with E-state index in [0.717, 1.165) is 18.7 Å². The molecule has 0 saturated carbocycles. The van der Waals surface area contributed by atoms with E-state index in [1.165, 1.54) is 30.4 Å². The summed E-state index contributed by atoms with van der Waals surface area (Å²) in [6, 6.07) is 16.0. The van der Waals surface area contributed by atoms with Crippen LogP contribution in [0.1, 0.15) is 66.7 Å². The number of nitrogens with zero attached hydrogens (tertiary/aromatic N) is 2. The van der Waals surface area contributed by atoms with Crippen LogP contribution in [-0.4, -0.2) is 49.8 Å². The van der Waals surface area contributed by atoms with Crippen LogP contribution in [0, 0.1) is 0 Å². The van der Waals surface area contributed by atoms with Gasteiger partial charge in [-0.2, -0.15) is 0 Å². The molecule has 7 nitrogen and oxygen atoms in total. The fourth-order valence-corrected chi connectivity index (χ4v) is 4.58. The van der Waals surface area contributed by atoms with Gasteiger partial charge in [-0.3, -0.25) is 9.69 Å². The maximum atomic E-state index is 13.0. The average molecular weight is 478 g/mol. The molecule has 1 saturated heterocycles. The predicted molar refractivity (Wildman–Crippen MR) is 136 cm³/mol. The molecule has 1 aromatic heterocycles. The molecule has 7 heteroatoms. The van der Waals surface area contributed by atoms with Crippen molar-refractivity contribution in [2.24, 2.45) is 0 Å². The van der Waals surface area contributed by atoms with Crippen LogP contribution in [0.5, 0.6) is 11.5 Å². The summed E-state index contributed by atoms with van der Waals surface area (Å²) in [5.74, 6) is 1.94. The van der Waals surface area contributed by atoms with Gasteiger partial charge in [0.1, 0.15) is 0 Å². The SMILES string of the molecule is COc1ccc(-c2cc(C(=O)NCC(c3ccc(C(C)C)cc3)N3CCCCC3)no2)cc1OC. The second kappa shape index (κ2) is 11.4. The molecule has 1 unspecified atom stereocenters. The molecule has 0 spiro atoms. The standard InChI is InChI=1S/C28H35N3O4/c1-19(2)20-8-10-21(11-9-20)24(31-14-6-5-7-15-31)18-29-28(32)23-17-26(35-30-23)22-12-13-25(33-3)27(16-22)34-4/h8-13,16-17,19,24H,5-7,14-15,18H2,1-4H3,(H,29,32). The maximum Gasteiger partial charge on any atom is 0.273 e. The topological polar surface area (TPSA) is 76.8 Å². The second-order valence-corrected chi connectivity index (χ2v) is 9.29. The van der Waals surface area contributed by atoms with Crippen molar-refractivity contribution in [3.63, 3.8) is 0 Å². The molecule has 0 bridgehead atoms. The quantitative estimate of drug-likeness (QED) is 0.442. The molecular formula is C28H35N3O4. The summed E-state index contributed by atoms with van der Waals surface area (Å²) in [6.45, 7) is 7.00. The highest BCUT2D eigenvalue weighted by atomic mass is 16.5. The third kappa shape index (κ3) is 5.85. The number of piperidine rings is 1. The zero-order valence-electron chi connectivity index (χ0n) is 21.0. The monoisotopic (exact) mass is 477 g/mol. The molecule has 35 heavy (non-hydrogen) atoms. The van der Waals surface area contributed by atoms with Gasteiger partial charge in [-0.25, -0.2) is 0 Å². The Morgan fingerprint density at radius 3 is 2.31 bits per heavy atom. The van der Waals surface area contributed by atoms with Crippen molar-refractivity contribution in [1.82, 2.24) is 15.4 Å². The normalized spacial score (nSPS) is 15.1. The zero-order valence-corrected chi connectivity index (χ0v) is 21.0. The summed E-state index contributed by atoms with van der Waals surface area (Å²) in [5.41, 5.74) is 3.55. The van der Waals surface area contributed by atoms with Crippen LogP contribution in [0.15, 0.2) is 53.1 Å². The van der Waals surface area contributed by atoms with Gasteiger partial charge in [0.25, 0.3) is 5.91 Å². The largest absolute Gasteiger partial charge is 0.493 e. The highest BCUT2D eigenvalue weighted by Crippen LogP contribution is 2.32. The third-order valence-electron chi connectivity index (χ3n) is 6.69. The van der Waals surface area contributed by atoms with Gasteiger partial charge in [0.05, 0.1) is 20.3 Å². The number of aromatic nitrogens is 1. The number of amides is 1. The lowest BCUT2D eigenvalue weighted by molar-refractivity contribution is 0.0915. The van der Waals surface area contributed by atoms with Crippen LogP contribution in [0.4, 0.5) is 0 Å². The van der Waals surface area contributed by atoms with Gasteiger partial charge in [-0.15, -0.1) is 0 Å². The summed E-state index contributed by atoms with van der Waals surface area (Å²) >= 11 is 0. The molecule has 1 amide bonds. The number of methoxy groups -OCH3 is 2. The fraction of sp³-hybridized carbons (Fsp3) is 0.429. The van der Waals surface area contributed by atoms with Crippen molar-refractivity contribution < 1.29 is 18.8 Å². The summed E-state index contributed by atoms with van der Waals surface area (Å²) in [6.07, 6.45) is 3.64. The van der Waals surface area contributed by atoms with E-state index in [-0.39, 0.29) is 17.6 Å². The van der Waals surface area contributed by atoms with Crippen molar-refractivity contribution in [1.29, 1.82) is 0 Å². The Labute approximate surface area is 207 Å². The molecule has 4 rings (SSSR count). The van der Waals surface area contributed by atoms with Crippen LogP contribution < -0.4 is 14.8 Å². The first-order chi connectivity index (χ1) is 17.0. The molecule has 3 aromatic rings. The van der Waals surface area contributed by atoms with E-state index in [1.807, 2.05) is 6.07 Å². The number of likely N-dealkylation sites (tertiary alicyclic amines) is 1. The predicted octanol–water partition coefficient (Wildman–Crippen LogP) is 5.44. The molecule has 1 aliphatic rings. The first-order valence-electron chi connectivity index (χ1n) is 12.3. The lowest BCUT2D eigenvalue weighted by Crippen LogP contribution is -2.40. The van der Waals surface area contributed by atoms with Gasteiger partial charge in [-0.1, -0.05) is 49.7 Å². The van der Waals surface area contributed by atoms with E-state index >= 15 is 0 Å². The Balaban J connectivity index is 1.47. The number of carbonyl (C=O) groups excluding carboxylic acids is 1. The van der Waals surface area contributed by atoms with Crippen LogP contribution in [0.25, 0.3) is 11.3 Å². The summed E-state index contributed by atoms with van der Waals surface area (Å²) in [4.78, 5) is 15.5. The van der Waals surface area contributed by atoms with Gasteiger partial charge in [0, 0.05) is 18.2 Å². The van der Waals surface area contributed by atoms with E-state index in [4.69, 9.17) is 14.0 Å². The van der Waals surface area contributed by atoms with E-state index in [1.54, 1.807) is 32.4 Å². The van der Waals surface area contributed by atoms with Crippen LogP contribution in [-0.2, 0) is 0 Å². The Morgan fingerprint density at radius 1 is 0.971 bits per heavy atom. The molecule has 1 atom stereocenters. The van der Waals surface area contributed by atoms with Gasteiger partial charge >= 0.3 is 0 Å². The molecule has 1 fully saturated rings. The number of carbonyl (C=O) groups is 1. The molecule has 1 aliphatic heterocycles. The van der Waals surface area contributed by atoms with Gasteiger partial charge in [0.15, 0.2) is 23.0 Å². The Morgan fingerprint density at radius 2 is 1.66 bits per heavy atom. The fourth-order valence-electron chi connectivity index (χ4n) is 4.58. The lowest BCUT2D eigenvalue weighted by atomic mass is 9.97. The van der Waals surface area contributed by atoms with Crippen LogP contribution >= 0.6 is 0 Å². The van der Waals surface area contributed by atoms with E-state index in [9.17, 15) is 4.79 Å². The van der Waals surface area contributed by atoms with Crippen LogP contribution in [0.2, 0.25) is 0 Å². The van der Waals surface area contributed by atoms with Crippen molar-refractivity contribution in [3.8, 4) is 22.8 Å². The van der Waals surface area contributed by atoms with Crippen molar-refractivity contribution in [2.75, 3.05) is 33.9 Å². The van der Waals surface area contributed by atoms with Gasteiger partial charge in [-0.05, 0) is 61.2 Å². The zero-order chi connectivity index (χ0) is 24.8. The van der Waals surface area contributed by atoms with E-state index in [0.29, 0.717) is 29.7 Å². The van der Waals surface area contributed by atoms with Crippen molar-refractivity contribution in [2.45, 2.75) is 45.1 Å². The first kappa shape index (κ1) is 24.8. The first-order valence-corrected chi connectivity index (χ1v) is 12.3. The van der Waals surface area contributed by atoms with Gasteiger partial charge in [0.2, 0.25) is 0 Å².